The zero-order valence-corrected chi connectivity index (χ0v) is 41.6. The summed E-state index contributed by atoms with van der Waals surface area (Å²) in [5, 5.41) is 10.1. The van der Waals surface area contributed by atoms with Gasteiger partial charge in [0.25, 0.3) is 11.5 Å². The van der Waals surface area contributed by atoms with Gasteiger partial charge in [-0.3, -0.25) is 33.6 Å². The Morgan fingerprint density at radius 2 is 1.60 bits per heavy atom. The minimum atomic E-state index is -4.86. The van der Waals surface area contributed by atoms with Crippen LogP contribution in [0.1, 0.15) is 54.9 Å². The van der Waals surface area contributed by atoms with Crippen LogP contribution in [-0.4, -0.2) is 115 Å². The molecule has 17 nitrogen and oxygen atoms in total. The Bertz CT molecular complexity index is 2310. The van der Waals surface area contributed by atoms with Gasteiger partial charge in [0.2, 0.25) is 5.91 Å². The minimum Gasteiger partial charge on any atom is -0.480 e. The maximum absolute atomic E-state index is 12.9. The zero-order valence-electron chi connectivity index (χ0n) is 37.7. The van der Waals surface area contributed by atoms with Gasteiger partial charge in [0.15, 0.2) is 4.84 Å². The maximum Gasteiger partial charge on any atom is 0.431 e. The zero-order chi connectivity index (χ0) is 52.0. The van der Waals surface area contributed by atoms with Crippen LogP contribution in [0.5, 0.6) is 0 Å². The summed E-state index contributed by atoms with van der Waals surface area (Å²) in [7, 11) is -1.57. The van der Waals surface area contributed by atoms with Crippen molar-refractivity contribution < 1.29 is 61.3 Å². The van der Waals surface area contributed by atoms with Crippen LogP contribution in [0.3, 0.4) is 0 Å². The second-order valence-corrected chi connectivity index (χ2v) is 17.5. The molecule has 25 heteroatoms. The number of para-hydroxylation sites is 1. The molecule has 1 aromatic heterocycles. The molecule has 0 aliphatic rings. The lowest BCUT2D eigenvalue weighted by Gasteiger charge is -2.31. The molecule has 67 heavy (non-hydrogen) atoms. The number of anilines is 1. The van der Waals surface area contributed by atoms with Crippen molar-refractivity contribution in [3.8, 4) is 5.69 Å². The number of hydrogen-bond donors (Lipinski definition) is 4. The molecule has 374 valence electrons. The number of benzene rings is 2. The number of carboxylic acid groups (broad SMARTS) is 1. The first-order valence-corrected chi connectivity index (χ1v) is 23.2. The molecule has 0 fully saturated rings. The van der Waals surface area contributed by atoms with E-state index >= 15 is 0 Å². The van der Waals surface area contributed by atoms with Crippen LogP contribution in [-0.2, 0) is 48.1 Å². The van der Waals surface area contributed by atoms with E-state index in [-0.39, 0.29) is 40.0 Å². The molecule has 3 aromatic rings. The Balaban J connectivity index is 0.000000932. The van der Waals surface area contributed by atoms with Crippen LogP contribution in [0, 0.1) is 6.92 Å². The molecule has 0 saturated carbocycles. The average Bonchev–Trinajstić information content (AvgIpc) is 3.22. The van der Waals surface area contributed by atoms with E-state index in [2.05, 4.69) is 31.5 Å². The molecule has 0 bridgehead atoms. The molecule has 0 spiro atoms. The fourth-order valence-electron chi connectivity index (χ4n) is 5.56. The number of aryl methyl sites for hydroxylation is 2. The summed E-state index contributed by atoms with van der Waals surface area (Å²) in [6.45, 7) is 17.2. The topological polar surface area (TPSA) is 227 Å². The van der Waals surface area contributed by atoms with E-state index in [4.69, 9.17) is 70.8 Å². The molecule has 0 saturated heterocycles. The van der Waals surface area contributed by atoms with Gasteiger partial charge >= 0.3 is 31.4 Å². The molecule has 3 rings (SSSR count). The lowest BCUT2D eigenvalue weighted by atomic mass is 10.0. The lowest BCUT2D eigenvalue weighted by Crippen LogP contribution is -2.43. The van der Waals surface area contributed by atoms with E-state index < -0.39 is 66.4 Å². The molecule has 2 aromatic carbocycles. The van der Waals surface area contributed by atoms with E-state index in [0.717, 1.165) is 36.3 Å². The van der Waals surface area contributed by atoms with Gasteiger partial charge in [-0.25, -0.2) is 14.2 Å². The number of amides is 2. The summed E-state index contributed by atoms with van der Waals surface area (Å²) < 4.78 is 59.8. The molecule has 1 atom stereocenters. The first-order chi connectivity index (χ1) is 31.0. The number of methoxy groups -OCH3 is 1. The molecule has 2 amide bonds. The van der Waals surface area contributed by atoms with Gasteiger partial charge in [0.05, 0.1) is 53.5 Å². The van der Waals surface area contributed by atoms with Gasteiger partial charge < -0.3 is 34.2 Å². The first kappa shape index (κ1) is 62.5. The average molecular weight is 1050 g/mol. The van der Waals surface area contributed by atoms with Crippen LogP contribution in [0.4, 0.5) is 18.9 Å². The van der Waals surface area contributed by atoms with E-state index in [0.29, 0.717) is 34.9 Å². The number of esters is 1. The molecule has 1 unspecified atom stereocenters. The smallest absolute Gasteiger partial charge is 0.431 e. The summed E-state index contributed by atoms with van der Waals surface area (Å²) in [5.41, 5.74) is -0.794. The number of hydrogen-bond acceptors (Lipinski definition) is 10. The van der Waals surface area contributed by atoms with E-state index in [1.54, 1.807) is 38.0 Å². The minimum absolute atomic E-state index is 0.0104. The van der Waals surface area contributed by atoms with Crippen LogP contribution in [0.25, 0.3) is 5.69 Å². The number of carbonyl (C=O) groups is 4. The molecule has 0 radical (unpaired) electrons. The third-order valence-electron chi connectivity index (χ3n) is 8.35. The fraction of sp³-hybridized carbons (Fsp3) is 0.429. The molecular weight excluding hydrogens is 996 g/mol. The Hall–Kier alpha value is -4.50. The van der Waals surface area contributed by atoms with Gasteiger partial charge in [-0.1, -0.05) is 72.1 Å². The Labute approximate surface area is 405 Å². The molecule has 1 heterocycles. The van der Waals surface area contributed by atoms with E-state index in [1.165, 1.54) is 17.0 Å². The monoisotopic (exact) mass is 1050 g/mol. The fourth-order valence-corrected chi connectivity index (χ4v) is 6.56. The van der Waals surface area contributed by atoms with Gasteiger partial charge in [0.1, 0.15) is 11.6 Å². The number of alkyl halides is 6. The number of carboxylic acids is 1. The number of halogens is 7. The summed E-state index contributed by atoms with van der Waals surface area (Å²) in [6.07, 6.45) is -1.81. The third kappa shape index (κ3) is 21.6. The predicted molar refractivity (Wildman–Crippen MR) is 253 cm³/mol. The second kappa shape index (κ2) is 30.1. The number of carbonyl (C=O) groups excluding carboxylic acids is 3. The number of nitrogens with one attached hydrogen (secondary N) is 1. The summed E-state index contributed by atoms with van der Waals surface area (Å²) >= 11 is 22.5. The van der Waals surface area contributed by atoms with Crippen molar-refractivity contribution in [2.75, 3.05) is 50.4 Å². The quantitative estimate of drug-likeness (QED) is 0.0450. The van der Waals surface area contributed by atoms with Crippen LogP contribution in [0.2, 0.25) is 5.02 Å². The van der Waals surface area contributed by atoms with Crippen molar-refractivity contribution in [2.24, 2.45) is 7.05 Å². The van der Waals surface area contributed by atoms with Crippen LogP contribution in [0.15, 0.2) is 77.4 Å². The molecular formula is C42H55Cl4F3N5O12P. The van der Waals surface area contributed by atoms with Crippen molar-refractivity contribution in [3.05, 3.63) is 116 Å². The molecule has 4 N–H and O–H groups in total. The number of rotatable bonds is 18. The van der Waals surface area contributed by atoms with Crippen molar-refractivity contribution in [2.45, 2.75) is 64.2 Å². The molecule has 0 aliphatic carbocycles. The summed E-state index contributed by atoms with van der Waals surface area (Å²) in [5.74, 6) is -2.36. The Kier molecular flexibility index (Phi) is 28.1. The Morgan fingerprint density at radius 1 is 1.01 bits per heavy atom. The van der Waals surface area contributed by atoms with Crippen molar-refractivity contribution >= 4 is 83.4 Å². The standard InChI is InChI=1S/C16H14ClF3N2O4.C15H22ClNO2.C8H11Cl2NO.C3H8NO5P/c1-8(2)26-14(24)10-6-9(4-5-11(10)17)22-13(23)7-12(16(18,19)20)21(3)15(22)25;1-5-13-8-6-7-11(2)15(13)17(14(18)9-16)12(3)10-19-4;1-3-5-11(6-4-2)8(12)7(9)10;5-3(6)1-4-2-10(7,8)9/h4-8H,1-3H3;6-8,12H,5,9-10H2,1-4H3;3-4,7H,1-2,5-6H2;4H,1-2H2,(H,5,6)(H2,7,8,9). The van der Waals surface area contributed by atoms with E-state index in [1.807, 2.05) is 26.0 Å². The predicted octanol–water partition coefficient (Wildman–Crippen LogP) is 6.72. The van der Waals surface area contributed by atoms with Gasteiger partial charge in [-0.05, 0) is 63.4 Å². The summed E-state index contributed by atoms with van der Waals surface area (Å²) in [6, 6.07) is 9.95. The second-order valence-electron chi connectivity index (χ2n) is 14.1. The highest BCUT2D eigenvalue weighted by molar-refractivity contribution is 7.51. The maximum atomic E-state index is 12.9. The van der Waals surface area contributed by atoms with Crippen LogP contribution >= 0.6 is 54.0 Å². The SMILES string of the molecule is C=CCN(CC=C)C(=O)C(Cl)Cl.CC(C)OC(=O)c1cc(-n2c(=O)cc(C(F)(F)F)n(C)c2=O)ccc1Cl.CCc1cccc(C)c1N(C(=O)CCl)C(C)COC.O=C(O)CNCP(=O)(O)O. The van der Waals surface area contributed by atoms with Gasteiger partial charge in [-0.15, -0.1) is 24.8 Å². The van der Waals surface area contributed by atoms with E-state index in [9.17, 15) is 46.5 Å². The third-order valence-corrected chi connectivity index (χ3v) is 9.91. The van der Waals surface area contributed by atoms with Crippen molar-refractivity contribution in [1.82, 2.24) is 19.4 Å². The highest BCUT2D eigenvalue weighted by atomic mass is 35.5. The molecule has 0 aliphatic heterocycles. The summed E-state index contributed by atoms with van der Waals surface area (Å²) in [4.78, 5) is 88.2. The number of ether oxygens (including phenoxy) is 2. The highest BCUT2D eigenvalue weighted by Crippen LogP contribution is 2.32. The van der Waals surface area contributed by atoms with Gasteiger partial charge in [0, 0.05) is 33.3 Å². The normalized spacial score (nSPS) is 11.4. The van der Waals surface area contributed by atoms with Crippen molar-refractivity contribution in [3.63, 3.8) is 0 Å². The van der Waals surface area contributed by atoms with Crippen molar-refractivity contribution in [1.29, 1.82) is 0 Å². The Morgan fingerprint density at radius 3 is 2.04 bits per heavy atom. The lowest BCUT2D eigenvalue weighted by molar-refractivity contribution is -0.144. The number of aliphatic carboxylic acids is 1. The largest absolute Gasteiger partial charge is 0.480 e. The highest BCUT2D eigenvalue weighted by Gasteiger charge is 2.35. The number of nitrogens with zero attached hydrogens (tertiary/aromatic N) is 4. The first-order valence-electron chi connectivity index (χ1n) is 19.7. The number of aromatic nitrogens is 2. The van der Waals surface area contributed by atoms with Crippen LogP contribution < -0.4 is 21.5 Å². The van der Waals surface area contributed by atoms with Gasteiger partial charge in [-0.2, -0.15) is 13.2 Å².